The van der Waals surface area contributed by atoms with Crippen LogP contribution in [0.4, 0.5) is 4.79 Å². The van der Waals surface area contributed by atoms with Crippen LogP contribution < -0.4 is 10.1 Å². The van der Waals surface area contributed by atoms with Gasteiger partial charge in [0.05, 0.1) is 12.0 Å². The smallest absolute Gasteiger partial charge is 0.324 e. The number of amides is 2. The Balaban J connectivity index is 1.81. The molecule has 8 heteroatoms. The number of hydrogen-bond acceptors (Lipinski definition) is 5. The van der Waals surface area contributed by atoms with E-state index in [0.717, 1.165) is 26.7 Å². The van der Waals surface area contributed by atoms with Gasteiger partial charge < -0.3 is 20.3 Å². The number of nitrogens with one attached hydrogen (secondary N) is 1. The van der Waals surface area contributed by atoms with Gasteiger partial charge in [-0.2, -0.15) is 0 Å². The van der Waals surface area contributed by atoms with Crippen molar-refractivity contribution in [2.45, 2.75) is 6.23 Å². The van der Waals surface area contributed by atoms with Crippen LogP contribution in [0, 0.1) is 0 Å². The molecule has 0 fully saturated rings. The van der Waals surface area contributed by atoms with Crippen LogP contribution >= 0.6 is 11.3 Å². The highest BCUT2D eigenvalue weighted by Gasteiger charge is 2.28. The maximum absolute atomic E-state index is 12.0. The molecular formula is C17H16N2O5S. The topological polar surface area (TPSA) is 99.1 Å². The van der Waals surface area contributed by atoms with E-state index in [1.165, 1.54) is 17.5 Å². The lowest BCUT2D eigenvalue weighted by Gasteiger charge is -2.27. The van der Waals surface area contributed by atoms with Crippen molar-refractivity contribution >= 4 is 29.4 Å². The van der Waals surface area contributed by atoms with E-state index in [0.29, 0.717) is 4.88 Å². The van der Waals surface area contributed by atoms with E-state index in [4.69, 9.17) is 9.84 Å². The minimum Gasteiger partial charge on any atom is -0.497 e. The Kier molecular flexibility index (Phi) is 4.73. The van der Waals surface area contributed by atoms with E-state index in [1.807, 2.05) is 30.3 Å². The first-order chi connectivity index (χ1) is 12.0. The molecule has 1 aliphatic heterocycles. The number of rotatable bonds is 4. The Hall–Kier alpha value is -2.84. The minimum absolute atomic E-state index is 0.510. The van der Waals surface area contributed by atoms with E-state index in [9.17, 15) is 14.7 Å². The number of aliphatic hydroxyl groups excluding tert-OH is 1. The number of carbonyl (C=O) groups excluding carboxylic acids is 1. The van der Waals surface area contributed by atoms with Crippen molar-refractivity contribution in [1.29, 1.82) is 0 Å². The Morgan fingerprint density at radius 2 is 2.04 bits per heavy atom. The third-order valence-corrected chi connectivity index (χ3v) is 4.94. The molecule has 7 nitrogen and oxygen atoms in total. The normalized spacial score (nSPS) is 15.6. The van der Waals surface area contributed by atoms with Crippen LogP contribution in [-0.4, -0.2) is 40.8 Å². The second-order valence-electron chi connectivity index (χ2n) is 5.31. The number of ether oxygens (including phenoxy) is 1. The van der Waals surface area contributed by atoms with E-state index in [2.05, 4.69) is 5.32 Å². The van der Waals surface area contributed by atoms with Crippen molar-refractivity contribution in [1.82, 2.24) is 10.2 Å². The van der Waals surface area contributed by atoms with Gasteiger partial charge in [-0.1, -0.05) is 0 Å². The van der Waals surface area contributed by atoms with Crippen molar-refractivity contribution in [3.05, 3.63) is 47.0 Å². The number of benzene rings is 1. The van der Waals surface area contributed by atoms with Crippen molar-refractivity contribution in [3.63, 3.8) is 0 Å². The average Bonchev–Trinajstić information content (AvgIpc) is 3.05. The molecule has 1 atom stereocenters. The first kappa shape index (κ1) is 17.0. The lowest BCUT2D eigenvalue weighted by Crippen LogP contribution is -2.41. The predicted octanol–water partition coefficient (Wildman–Crippen LogP) is 2.50. The predicted molar refractivity (Wildman–Crippen MR) is 93.2 cm³/mol. The van der Waals surface area contributed by atoms with Crippen LogP contribution in [0.2, 0.25) is 0 Å². The molecule has 3 N–H and O–H groups in total. The Labute approximate surface area is 147 Å². The van der Waals surface area contributed by atoms with Gasteiger partial charge in [0.2, 0.25) is 0 Å². The Morgan fingerprint density at radius 3 is 2.68 bits per heavy atom. The van der Waals surface area contributed by atoms with E-state index < -0.39 is 24.8 Å². The molecule has 130 valence electrons. The van der Waals surface area contributed by atoms with Gasteiger partial charge in [-0.25, -0.2) is 4.79 Å². The molecule has 0 bridgehead atoms. The highest BCUT2D eigenvalue weighted by molar-refractivity contribution is 7.15. The second kappa shape index (κ2) is 6.96. The first-order valence-electron chi connectivity index (χ1n) is 7.42. The summed E-state index contributed by atoms with van der Waals surface area (Å²) in [5.74, 6) is -0.395. The summed E-state index contributed by atoms with van der Waals surface area (Å²) in [6.45, 7) is -0.510. The van der Waals surface area contributed by atoms with Crippen LogP contribution in [0.1, 0.15) is 16.7 Å². The fourth-order valence-electron chi connectivity index (χ4n) is 2.44. The van der Waals surface area contributed by atoms with Gasteiger partial charge in [0.15, 0.2) is 6.23 Å². The molecule has 25 heavy (non-hydrogen) atoms. The molecule has 1 aromatic carbocycles. The van der Waals surface area contributed by atoms with Gasteiger partial charge in [0.1, 0.15) is 12.3 Å². The van der Waals surface area contributed by atoms with Crippen molar-refractivity contribution in [2.24, 2.45) is 0 Å². The van der Waals surface area contributed by atoms with E-state index in [1.54, 1.807) is 13.2 Å². The standard InChI is InChI=1S/C17H16N2O5S/c1-24-12-4-2-10(3-5-12)13-8-11-6-7-19(16(22)15(11)25-13)17(23)18-9-14(20)21/h2-8,16,22H,9H2,1H3,(H,18,23)(H,20,21). The van der Waals surface area contributed by atoms with Gasteiger partial charge in [-0.05, 0) is 47.5 Å². The van der Waals surface area contributed by atoms with Gasteiger partial charge >= 0.3 is 12.0 Å². The number of nitrogens with zero attached hydrogens (tertiary/aromatic N) is 1. The highest BCUT2D eigenvalue weighted by Crippen LogP contribution is 2.39. The van der Waals surface area contributed by atoms with Crippen molar-refractivity contribution in [2.75, 3.05) is 13.7 Å². The molecule has 3 rings (SSSR count). The van der Waals surface area contributed by atoms with Gasteiger partial charge in [0.25, 0.3) is 0 Å². The summed E-state index contributed by atoms with van der Waals surface area (Å²) >= 11 is 1.38. The number of aliphatic hydroxyl groups is 1. The van der Waals surface area contributed by atoms with Crippen molar-refractivity contribution in [3.8, 4) is 16.2 Å². The van der Waals surface area contributed by atoms with Crippen LogP contribution in [0.25, 0.3) is 16.5 Å². The van der Waals surface area contributed by atoms with Crippen LogP contribution in [-0.2, 0) is 4.79 Å². The molecule has 2 heterocycles. The molecule has 0 saturated carbocycles. The average molecular weight is 360 g/mol. The summed E-state index contributed by atoms with van der Waals surface area (Å²) in [6, 6.07) is 8.81. The fraction of sp³-hybridized carbons (Fsp3) is 0.176. The summed E-state index contributed by atoms with van der Waals surface area (Å²) in [6.07, 6.45) is 1.99. The summed E-state index contributed by atoms with van der Waals surface area (Å²) in [4.78, 5) is 25.2. The maximum Gasteiger partial charge on any atom is 0.324 e. The van der Waals surface area contributed by atoms with Gasteiger partial charge in [-0.15, -0.1) is 11.3 Å². The molecule has 2 amide bonds. The number of carboxylic acids is 1. The lowest BCUT2D eigenvalue weighted by molar-refractivity contribution is -0.135. The number of hydrogen-bond donors (Lipinski definition) is 3. The van der Waals surface area contributed by atoms with Crippen LogP contribution in [0.3, 0.4) is 0 Å². The second-order valence-corrected chi connectivity index (χ2v) is 6.39. The van der Waals surface area contributed by atoms with Gasteiger partial charge in [-0.3, -0.25) is 9.69 Å². The summed E-state index contributed by atoms with van der Waals surface area (Å²) in [5.41, 5.74) is 1.80. The summed E-state index contributed by atoms with van der Waals surface area (Å²) in [7, 11) is 1.60. The number of thiophene rings is 1. The fourth-order valence-corrected chi connectivity index (χ4v) is 3.58. The van der Waals surface area contributed by atoms with E-state index in [-0.39, 0.29) is 0 Å². The van der Waals surface area contributed by atoms with Crippen LogP contribution in [0.15, 0.2) is 36.5 Å². The Bertz CT molecular complexity index is 828. The molecule has 2 aromatic rings. The number of urea groups is 1. The SMILES string of the molecule is COc1ccc(-c2cc3c(s2)C(O)N(C(=O)NCC(=O)O)C=C3)cc1. The summed E-state index contributed by atoms with van der Waals surface area (Å²) < 4.78 is 5.14. The zero-order valence-corrected chi connectivity index (χ0v) is 14.1. The first-order valence-corrected chi connectivity index (χ1v) is 8.23. The Morgan fingerprint density at radius 1 is 1.32 bits per heavy atom. The highest BCUT2D eigenvalue weighted by atomic mass is 32.1. The van der Waals surface area contributed by atoms with E-state index >= 15 is 0 Å². The molecule has 0 radical (unpaired) electrons. The number of methoxy groups -OCH3 is 1. The minimum atomic E-state index is -1.16. The monoisotopic (exact) mass is 360 g/mol. The number of aliphatic carboxylic acids is 1. The summed E-state index contributed by atoms with van der Waals surface area (Å²) in [5, 5.41) is 21.3. The van der Waals surface area contributed by atoms with Crippen molar-refractivity contribution < 1.29 is 24.5 Å². The molecule has 0 aliphatic carbocycles. The molecular weight excluding hydrogens is 344 g/mol. The third kappa shape index (κ3) is 3.49. The number of carboxylic acid groups (broad SMARTS) is 1. The number of carbonyl (C=O) groups is 2. The molecule has 1 unspecified atom stereocenters. The largest absolute Gasteiger partial charge is 0.497 e. The lowest BCUT2D eigenvalue weighted by atomic mass is 10.1. The van der Waals surface area contributed by atoms with Gasteiger partial charge in [0, 0.05) is 11.1 Å². The quantitative estimate of drug-likeness (QED) is 0.778. The molecule has 1 aromatic heterocycles. The zero-order valence-electron chi connectivity index (χ0n) is 13.3. The third-order valence-electron chi connectivity index (χ3n) is 3.70. The molecule has 1 aliphatic rings. The number of fused-ring (bicyclic) bond motifs is 1. The van der Waals surface area contributed by atoms with Crippen LogP contribution in [0.5, 0.6) is 5.75 Å². The maximum atomic E-state index is 12.0. The molecule has 0 spiro atoms. The molecule has 0 saturated heterocycles. The zero-order chi connectivity index (χ0) is 18.0.